The third-order valence-electron chi connectivity index (χ3n) is 3.82. The fourth-order valence-electron chi connectivity index (χ4n) is 2.85. The summed E-state index contributed by atoms with van der Waals surface area (Å²) in [5.74, 6) is 1.06. The van der Waals surface area contributed by atoms with Crippen molar-refractivity contribution in [1.29, 1.82) is 0 Å². The lowest BCUT2D eigenvalue weighted by Crippen LogP contribution is -2.44. The molecule has 1 fully saturated rings. The molecule has 0 unspecified atom stereocenters. The van der Waals surface area contributed by atoms with Gasteiger partial charge < -0.3 is 10.1 Å². The highest BCUT2D eigenvalue weighted by molar-refractivity contribution is 5.85. The van der Waals surface area contributed by atoms with Gasteiger partial charge in [0.25, 0.3) is 0 Å². The molecule has 0 aromatic heterocycles. The van der Waals surface area contributed by atoms with Gasteiger partial charge in [-0.05, 0) is 17.2 Å². The SMILES string of the molecule is C=C[C@@H](c1ccc2c(c1)CCO2)N1CCNCC1.Cl.Cl. The van der Waals surface area contributed by atoms with Crippen LogP contribution in [0, 0.1) is 0 Å². The molecule has 2 heterocycles. The van der Waals surface area contributed by atoms with Crippen LogP contribution in [0.4, 0.5) is 0 Å². The van der Waals surface area contributed by atoms with E-state index in [0.717, 1.165) is 45.0 Å². The van der Waals surface area contributed by atoms with Crippen molar-refractivity contribution in [2.45, 2.75) is 12.5 Å². The number of fused-ring (bicyclic) bond motifs is 1. The van der Waals surface area contributed by atoms with E-state index in [0.29, 0.717) is 6.04 Å². The predicted molar refractivity (Wildman–Crippen MR) is 87.5 cm³/mol. The minimum absolute atomic E-state index is 0. The van der Waals surface area contributed by atoms with Crippen molar-refractivity contribution < 1.29 is 4.74 Å². The first-order valence-electron chi connectivity index (χ1n) is 6.71. The number of ether oxygens (including phenoxy) is 1. The summed E-state index contributed by atoms with van der Waals surface area (Å²) >= 11 is 0. The molecular formula is C15H22Cl2N2O. The summed E-state index contributed by atoms with van der Waals surface area (Å²) in [7, 11) is 0. The molecule has 0 spiro atoms. The number of hydrogen-bond donors (Lipinski definition) is 1. The second-order valence-electron chi connectivity index (χ2n) is 4.93. The lowest BCUT2D eigenvalue weighted by Gasteiger charge is -2.33. The minimum Gasteiger partial charge on any atom is -0.493 e. The fourth-order valence-corrected chi connectivity index (χ4v) is 2.85. The number of nitrogens with one attached hydrogen (secondary N) is 1. The Morgan fingerprint density at radius 2 is 2.00 bits per heavy atom. The van der Waals surface area contributed by atoms with Gasteiger partial charge in [-0.3, -0.25) is 4.90 Å². The standard InChI is InChI=1S/C15H20N2O.2ClH/c1-2-14(17-8-6-16-7-9-17)12-3-4-15-13(11-12)5-10-18-15;;/h2-4,11,14,16H,1,5-10H2;2*1H/t14-;;/m0../s1. The van der Waals surface area contributed by atoms with Gasteiger partial charge in [0.15, 0.2) is 0 Å². The van der Waals surface area contributed by atoms with Crippen LogP contribution in [0.3, 0.4) is 0 Å². The molecule has 1 aromatic carbocycles. The lowest BCUT2D eigenvalue weighted by molar-refractivity contribution is 0.203. The number of rotatable bonds is 3. The third-order valence-corrected chi connectivity index (χ3v) is 3.82. The second-order valence-corrected chi connectivity index (χ2v) is 4.93. The zero-order valence-corrected chi connectivity index (χ0v) is 13.1. The number of hydrogen-bond acceptors (Lipinski definition) is 3. The van der Waals surface area contributed by atoms with Crippen LogP contribution in [0.2, 0.25) is 0 Å². The first kappa shape index (κ1) is 17.3. The van der Waals surface area contributed by atoms with Crippen LogP contribution >= 0.6 is 24.8 Å². The van der Waals surface area contributed by atoms with Gasteiger partial charge in [-0.1, -0.05) is 18.2 Å². The van der Waals surface area contributed by atoms with Gasteiger partial charge >= 0.3 is 0 Å². The smallest absolute Gasteiger partial charge is 0.122 e. The van der Waals surface area contributed by atoms with Gasteiger partial charge in [-0.25, -0.2) is 0 Å². The van der Waals surface area contributed by atoms with Gasteiger partial charge in [0.05, 0.1) is 12.6 Å². The Morgan fingerprint density at radius 3 is 2.70 bits per heavy atom. The molecule has 1 aromatic rings. The summed E-state index contributed by atoms with van der Waals surface area (Å²) in [6, 6.07) is 6.91. The van der Waals surface area contributed by atoms with Crippen molar-refractivity contribution in [3.05, 3.63) is 42.0 Å². The third kappa shape index (κ3) is 3.47. The van der Waals surface area contributed by atoms with Gasteiger partial charge in [0.1, 0.15) is 5.75 Å². The minimum atomic E-state index is 0. The van der Waals surface area contributed by atoms with Crippen LogP contribution in [0.1, 0.15) is 17.2 Å². The largest absolute Gasteiger partial charge is 0.493 e. The second kappa shape index (κ2) is 7.89. The molecular weight excluding hydrogens is 295 g/mol. The Morgan fingerprint density at radius 1 is 1.25 bits per heavy atom. The quantitative estimate of drug-likeness (QED) is 0.867. The highest BCUT2D eigenvalue weighted by Gasteiger charge is 2.21. The average Bonchev–Trinajstić information content (AvgIpc) is 2.88. The van der Waals surface area contributed by atoms with E-state index in [-0.39, 0.29) is 24.8 Å². The van der Waals surface area contributed by atoms with Crippen molar-refractivity contribution in [2.75, 3.05) is 32.8 Å². The number of benzene rings is 1. The van der Waals surface area contributed by atoms with E-state index in [1.165, 1.54) is 11.1 Å². The molecule has 0 amide bonds. The van der Waals surface area contributed by atoms with E-state index in [9.17, 15) is 0 Å². The summed E-state index contributed by atoms with van der Waals surface area (Å²) in [4.78, 5) is 2.49. The van der Waals surface area contributed by atoms with Crippen molar-refractivity contribution in [3.63, 3.8) is 0 Å². The number of halogens is 2. The van der Waals surface area contributed by atoms with Crippen molar-refractivity contribution >= 4 is 24.8 Å². The van der Waals surface area contributed by atoms with E-state index in [1.54, 1.807) is 0 Å². The molecule has 1 N–H and O–H groups in total. The predicted octanol–water partition coefficient (Wildman–Crippen LogP) is 2.60. The zero-order valence-electron chi connectivity index (χ0n) is 11.5. The van der Waals surface area contributed by atoms with Crippen molar-refractivity contribution in [3.8, 4) is 5.75 Å². The molecule has 3 nitrogen and oxygen atoms in total. The van der Waals surface area contributed by atoms with Crippen LogP contribution in [-0.4, -0.2) is 37.7 Å². The Labute approximate surface area is 133 Å². The Kier molecular flexibility index (Phi) is 6.83. The zero-order chi connectivity index (χ0) is 12.4. The van der Waals surface area contributed by atoms with Gasteiger partial charge in [-0.15, -0.1) is 31.4 Å². The maximum atomic E-state index is 5.56. The first-order chi connectivity index (χ1) is 8.88. The molecule has 0 aliphatic carbocycles. The highest BCUT2D eigenvalue weighted by atomic mass is 35.5. The van der Waals surface area contributed by atoms with E-state index < -0.39 is 0 Å². The van der Waals surface area contributed by atoms with Crippen molar-refractivity contribution in [1.82, 2.24) is 10.2 Å². The monoisotopic (exact) mass is 316 g/mol. The average molecular weight is 317 g/mol. The molecule has 2 aliphatic rings. The number of piperazine rings is 1. The molecule has 20 heavy (non-hydrogen) atoms. The highest BCUT2D eigenvalue weighted by Crippen LogP contribution is 2.30. The summed E-state index contributed by atoms with van der Waals surface area (Å²) in [5.41, 5.74) is 2.69. The molecule has 0 radical (unpaired) electrons. The van der Waals surface area contributed by atoms with Gasteiger partial charge in [0.2, 0.25) is 0 Å². The maximum Gasteiger partial charge on any atom is 0.122 e. The topological polar surface area (TPSA) is 24.5 Å². The van der Waals surface area contributed by atoms with Crippen LogP contribution in [0.15, 0.2) is 30.9 Å². The van der Waals surface area contributed by atoms with Crippen LogP contribution in [-0.2, 0) is 6.42 Å². The van der Waals surface area contributed by atoms with Crippen LogP contribution in [0.25, 0.3) is 0 Å². The first-order valence-corrected chi connectivity index (χ1v) is 6.71. The molecule has 1 saturated heterocycles. The van der Waals surface area contributed by atoms with Crippen molar-refractivity contribution in [2.24, 2.45) is 0 Å². The molecule has 112 valence electrons. The Balaban J connectivity index is 0.000001000. The van der Waals surface area contributed by atoms with Gasteiger partial charge in [-0.2, -0.15) is 0 Å². The summed E-state index contributed by atoms with van der Waals surface area (Å²) in [5, 5.41) is 3.39. The molecule has 2 aliphatic heterocycles. The fraction of sp³-hybridized carbons (Fsp3) is 0.467. The molecule has 0 bridgehead atoms. The molecule has 3 rings (SSSR count). The Bertz CT molecular complexity index is 447. The van der Waals surface area contributed by atoms with E-state index in [4.69, 9.17) is 4.74 Å². The molecule has 1 atom stereocenters. The van der Waals surface area contributed by atoms with E-state index >= 15 is 0 Å². The normalized spacial score (nSPS) is 19.0. The summed E-state index contributed by atoms with van der Waals surface area (Å²) < 4.78 is 5.56. The summed E-state index contributed by atoms with van der Waals surface area (Å²) in [6.45, 7) is 9.15. The molecule has 0 saturated carbocycles. The van der Waals surface area contributed by atoms with Crippen LogP contribution in [0.5, 0.6) is 5.75 Å². The number of nitrogens with zero attached hydrogens (tertiary/aromatic N) is 1. The van der Waals surface area contributed by atoms with Crippen LogP contribution < -0.4 is 10.1 Å². The van der Waals surface area contributed by atoms with Gasteiger partial charge in [0, 0.05) is 32.6 Å². The Hall–Kier alpha value is -0.740. The maximum absolute atomic E-state index is 5.56. The summed E-state index contributed by atoms with van der Waals surface area (Å²) in [6.07, 6.45) is 3.09. The lowest BCUT2D eigenvalue weighted by atomic mass is 10.0. The van der Waals surface area contributed by atoms with E-state index in [1.807, 2.05) is 0 Å². The molecule has 5 heteroatoms. The van der Waals surface area contributed by atoms with E-state index in [2.05, 4.69) is 41.1 Å².